The van der Waals surface area contributed by atoms with E-state index in [1.54, 1.807) is 0 Å². The van der Waals surface area contributed by atoms with E-state index < -0.39 is 0 Å². The van der Waals surface area contributed by atoms with Gasteiger partial charge in [0.15, 0.2) is 0 Å². The van der Waals surface area contributed by atoms with Crippen molar-refractivity contribution >= 4 is 0 Å². The van der Waals surface area contributed by atoms with Gasteiger partial charge in [-0.05, 0) is 49.0 Å². The Morgan fingerprint density at radius 2 is 2.29 bits per heavy atom. The van der Waals surface area contributed by atoms with Crippen LogP contribution in [-0.4, -0.2) is 19.7 Å². The van der Waals surface area contributed by atoms with Crippen LogP contribution in [0.5, 0.6) is 5.75 Å². The van der Waals surface area contributed by atoms with E-state index in [-0.39, 0.29) is 0 Å². The molecular formula is C15H23NO. The molecule has 1 atom stereocenters. The lowest BCUT2D eigenvalue weighted by atomic mass is 9.98. The fraction of sp³-hybridized carbons (Fsp3) is 0.600. The Bertz CT molecular complexity index is 362. The van der Waals surface area contributed by atoms with Gasteiger partial charge >= 0.3 is 0 Å². The van der Waals surface area contributed by atoms with Gasteiger partial charge in [-0.25, -0.2) is 0 Å². The predicted molar refractivity (Wildman–Crippen MR) is 71.7 cm³/mol. The maximum absolute atomic E-state index is 5.53. The van der Waals surface area contributed by atoms with Crippen molar-refractivity contribution in [2.24, 2.45) is 5.92 Å². The summed E-state index contributed by atoms with van der Waals surface area (Å²) in [6, 6.07) is 6.66. The van der Waals surface area contributed by atoms with Gasteiger partial charge in [-0.2, -0.15) is 0 Å². The average molecular weight is 233 g/mol. The second-order valence-corrected chi connectivity index (χ2v) is 5.05. The molecule has 1 heterocycles. The first-order valence-electron chi connectivity index (χ1n) is 6.75. The molecule has 1 aliphatic rings. The minimum absolute atomic E-state index is 0.696. The highest BCUT2D eigenvalue weighted by molar-refractivity contribution is 5.39. The summed E-state index contributed by atoms with van der Waals surface area (Å²) in [6.45, 7) is 7.61. The zero-order valence-electron chi connectivity index (χ0n) is 11.0. The van der Waals surface area contributed by atoms with Crippen LogP contribution in [0.15, 0.2) is 18.2 Å². The summed E-state index contributed by atoms with van der Waals surface area (Å²) >= 11 is 0. The molecule has 2 nitrogen and oxygen atoms in total. The van der Waals surface area contributed by atoms with Crippen molar-refractivity contribution in [1.29, 1.82) is 0 Å². The molecule has 0 aromatic heterocycles. The van der Waals surface area contributed by atoms with E-state index in [1.807, 2.05) is 0 Å². The van der Waals surface area contributed by atoms with E-state index >= 15 is 0 Å². The largest absolute Gasteiger partial charge is 0.493 e. The summed E-state index contributed by atoms with van der Waals surface area (Å²) in [5.41, 5.74) is 2.83. The summed E-state index contributed by atoms with van der Waals surface area (Å²) in [5, 5.41) is 3.48. The van der Waals surface area contributed by atoms with Gasteiger partial charge in [0.05, 0.1) is 6.61 Å². The minimum atomic E-state index is 0.696. The lowest BCUT2D eigenvalue weighted by molar-refractivity contribution is 0.357. The molecule has 0 bridgehead atoms. The van der Waals surface area contributed by atoms with Crippen LogP contribution in [0.4, 0.5) is 0 Å². The fourth-order valence-corrected chi connectivity index (χ4v) is 2.37. The van der Waals surface area contributed by atoms with E-state index in [0.29, 0.717) is 5.92 Å². The van der Waals surface area contributed by atoms with Crippen molar-refractivity contribution in [2.75, 3.05) is 19.7 Å². The van der Waals surface area contributed by atoms with Gasteiger partial charge in [-0.3, -0.25) is 0 Å². The van der Waals surface area contributed by atoms with Crippen molar-refractivity contribution in [3.63, 3.8) is 0 Å². The van der Waals surface area contributed by atoms with E-state index in [1.165, 1.54) is 17.5 Å². The van der Waals surface area contributed by atoms with Crippen molar-refractivity contribution in [3.05, 3.63) is 29.3 Å². The van der Waals surface area contributed by atoms with Crippen LogP contribution < -0.4 is 10.1 Å². The standard InChI is InChI=1S/C15H23NO/c1-3-7-16-11-12(2)9-13-4-5-15-14(10-13)6-8-17-15/h4-5,10,12,16H,3,6-9,11H2,1-2H3. The Balaban J connectivity index is 1.86. The van der Waals surface area contributed by atoms with Crippen LogP contribution in [0.3, 0.4) is 0 Å². The topological polar surface area (TPSA) is 21.3 Å². The maximum Gasteiger partial charge on any atom is 0.122 e. The number of nitrogens with one attached hydrogen (secondary N) is 1. The quantitative estimate of drug-likeness (QED) is 0.763. The van der Waals surface area contributed by atoms with Gasteiger partial charge in [0.1, 0.15) is 5.75 Å². The normalized spacial score (nSPS) is 15.4. The second kappa shape index (κ2) is 6.06. The summed E-state index contributed by atoms with van der Waals surface area (Å²) in [4.78, 5) is 0. The van der Waals surface area contributed by atoms with Crippen molar-refractivity contribution in [2.45, 2.75) is 33.1 Å². The molecule has 2 rings (SSSR count). The number of ether oxygens (including phenoxy) is 1. The highest BCUT2D eigenvalue weighted by Gasteiger charge is 2.12. The third kappa shape index (κ3) is 3.47. The predicted octanol–water partition coefficient (Wildman–Crippen LogP) is 2.80. The Hall–Kier alpha value is -1.02. The van der Waals surface area contributed by atoms with Crippen molar-refractivity contribution < 1.29 is 4.74 Å². The molecular weight excluding hydrogens is 210 g/mol. The lowest BCUT2D eigenvalue weighted by Gasteiger charge is -2.13. The van der Waals surface area contributed by atoms with Crippen LogP contribution in [0.2, 0.25) is 0 Å². The van der Waals surface area contributed by atoms with Gasteiger partial charge in [-0.1, -0.05) is 26.0 Å². The van der Waals surface area contributed by atoms with E-state index in [2.05, 4.69) is 37.4 Å². The number of fused-ring (bicyclic) bond motifs is 1. The Labute approximate surface area is 104 Å². The van der Waals surface area contributed by atoms with Crippen molar-refractivity contribution in [3.8, 4) is 5.75 Å². The molecule has 0 amide bonds. The fourth-order valence-electron chi connectivity index (χ4n) is 2.37. The van der Waals surface area contributed by atoms with Gasteiger partial charge in [0, 0.05) is 6.42 Å². The number of hydrogen-bond donors (Lipinski definition) is 1. The molecule has 17 heavy (non-hydrogen) atoms. The summed E-state index contributed by atoms with van der Waals surface area (Å²) in [5.74, 6) is 1.78. The molecule has 0 spiro atoms. The van der Waals surface area contributed by atoms with E-state index in [0.717, 1.165) is 38.3 Å². The monoisotopic (exact) mass is 233 g/mol. The van der Waals surface area contributed by atoms with Gasteiger partial charge in [0.2, 0.25) is 0 Å². The summed E-state index contributed by atoms with van der Waals surface area (Å²) in [7, 11) is 0. The van der Waals surface area contributed by atoms with Crippen LogP contribution in [-0.2, 0) is 12.8 Å². The molecule has 0 radical (unpaired) electrons. The summed E-state index contributed by atoms with van der Waals surface area (Å²) < 4.78 is 5.53. The third-order valence-electron chi connectivity index (χ3n) is 3.26. The third-order valence-corrected chi connectivity index (χ3v) is 3.26. The van der Waals surface area contributed by atoms with Crippen LogP contribution in [0.25, 0.3) is 0 Å². The van der Waals surface area contributed by atoms with E-state index in [4.69, 9.17) is 4.74 Å². The first kappa shape index (κ1) is 12.4. The first-order chi connectivity index (χ1) is 8.29. The number of hydrogen-bond acceptors (Lipinski definition) is 2. The minimum Gasteiger partial charge on any atom is -0.493 e. The Morgan fingerprint density at radius 3 is 3.12 bits per heavy atom. The zero-order valence-corrected chi connectivity index (χ0v) is 11.0. The zero-order chi connectivity index (χ0) is 12.1. The molecule has 0 aliphatic carbocycles. The van der Waals surface area contributed by atoms with Gasteiger partial charge in [-0.15, -0.1) is 0 Å². The SMILES string of the molecule is CCCNCC(C)Cc1ccc2c(c1)CCO2. The molecule has 1 aromatic rings. The summed E-state index contributed by atoms with van der Waals surface area (Å²) in [6.07, 6.45) is 3.44. The molecule has 1 aromatic carbocycles. The molecule has 2 heteroatoms. The molecule has 1 unspecified atom stereocenters. The van der Waals surface area contributed by atoms with Crippen LogP contribution in [0, 0.1) is 5.92 Å². The van der Waals surface area contributed by atoms with Crippen LogP contribution in [0.1, 0.15) is 31.4 Å². The molecule has 0 saturated carbocycles. The van der Waals surface area contributed by atoms with E-state index in [9.17, 15) is 0 Å². The van der Waals surface area contributed by atoms with Crippen LogP contribution >= 0.6 is 0 Å². The highest BCUT2D eigenvalue weighted by atomic mass is 16.5. The lowest BCUT2D eigenvalue weighted by Crippen LogP contribution is -2.23. The van der Waals surface area contributed by atoms with Gasteiger partial charge in [0.25, 0.3) is 0 Å². The molecule has 1 aliphatic heterocycles. The second-order valence-electron chi connectivity index (χ2n) is 5.05. The Kier molecular flexibility index (Phi) is 4.43. The number of rotatable bonds is 6. The smallest absolute Gasteiger partial charge is 0.122 e. The number of benzene rings is 1. The van der Waals surface area contributed by atoms with Gasteiger partial charge < -0.3 is 10.1 Å². The highest BCUT2D eigenvalue weighted by Crippen LogP contribution is 2.26. The molecule has 1 N–H and O–H groups in total. The Morgan fingerprint density at radius 1 is 1.41 bits per heavy atom. The molecule has 0 fully saturated rings. The van der Waals surface area contributed by atoms with Crippen molar-refractivity contribution in [1.82, 2.24) is 5.32 Å². The maximum atomic E-state index is 5.53. The first-order valence-corrected chi connectivity index (χ1v) is 6.75. The molecule has 94 valence electrons. The molecule has 0 saturated heterocycles. The average Bonchev–Trinajstić information content (AvgIpc) is 2.76.